The SMILES string of the molecule is c1cc(-c2cc(-c3cccc4c3oc3ccccc34)cc(-c3cccc4c3oc3ccccc34)c2)nc(-c2cc(-c3ccncc3)nc(-c3ccncc3)c2)c1. The van der Waals surface area contributed by atoms with Crippen molar-refractivity contribution < 1.29 is 8.83 Å². The molecule has 0 bridgehead atoms. The van der Waals surface area contributed by atoms with E-state index in [1.165, 1.54) is 0 Å². The van der Waals surface area contributed by atoms with Gasteiger partial charge in [-0.15, -0.1) is 0 Å². The van der Waals surface area contributed by atoms with Crippen molar-refractivity contribution in [2.24, 2.45) is 0 Å². The normalized spacial score (nSPS) is 11.6. The van der Waals surface area contributed by atoms with Crippen LogP contribution in [0.2, 0.25) is 0 Å². The standard InChI is InChI=1S/C50H30N4O2/c1-3-16-47-39(8-1)41-12-5-10-37(49(41)55-47)33-26-34(38-11-6-13-42-40-9-2-4-17-48(40)56-50(38)42)28-35(27-33)43-14-7-15-44(53-43)36-29-45(31-18-22-51-23-19-31)54-46(30-36)32-20-24-52-25-21-32/h1-30H. The van der Waals surface area contributed by atoms with Crippen molar-refractivity contribution in [1.82, 2.24) is 19.9 Å². The number of nitrogens with zero attached hydrogens (tertiary/aromatic N) is 4. The maximum Gasteiger partial charge on any atom is 0.143 e. The van der Waals surface area contributed by atoms with Crippen molar-refractivity contribution in [3.8, 4) is 67.3 Å². The van der Waals surface area contributed by atoms with Gasteiger partial charge in [0.25, 0.3) is 0 Å². The minimum absolute atomic E-state index is 0.834. The minimum Gasteiger partial charge on any atom is -0.455 e. The molecule has 6 heteroatoms. The zero-order valence-corrected chi connectivity index (χ0v) is 29.9. The molecule has 0 saturated heterocycles. The molecule has 6 nitrogen and oxygen atoms in total. The van der Waals surface area contributed by atoms with Crippen LogP contribution in [-0.4, -0.2) is 19.9 Å². The number of para-hydroxylation sites is 4. The highest BCUT2D eigenvalue weighted by Crippen LogP contribution is 2.42. The molecule has 0 spiro atoms. The Morgan fingerprint density at radius 2 is 0.714 bits per heavy atom. The summed E-state index contributed by atoms with van der Waals surface area (Å²) in [5.74, 6) is 0. The van der Waals surface area contributed by atoms with Gasteiger partial charge in [-0.3, -0.25) is 9.97 Å². The lowest BCUT2D eigenvalue weighted by Gasteiger charge is -2.13. The van der Waals surface area contributed by atoms with Crippen molar-refractivity contribution in [2.45, 2.75) is 0 Å². The zero-order valence-electron chi connectivity index (χ0n) is 29.9. The molecule has 262 valence electrons. The van der Waals surface area contributed by atoms with Crippen LogP contribution in [0.4, 0.5) is 0 Å². The third-order valence-corrected chi connectivity index (χ3v) is 10.5. The van der Waals surface area contributed by atoms with E-state index >= 15 is 0 Å². The second-order valence-corrected chi connectivity index (χ2v) is 13.9. The van der Waals surface area contributed by atoms with Crippen LogP contribution < -0.4 is 0 Å². The van der Waals surface area contributed by atoms with Gasteiger partial charge in [0.05, 0.1) is 22.8 Å². The predicted molar refractivity (Wildman–Crippen MR) is 225 cm³/mol. The fraction of sp³-hybridized carbons (Fsp3) is 0. The molecule has 56 heavy (non-hydrogen) atoms. The summed E-state index contributed by atoms with van der Waals surface area (Å²) in [5.41, 5.74) is 14.7. The Morgan fingerprint density at radius 3 is 1.23 bits per heavy atom. The first-order valence-corrected chi connectivity index (χ1v) is 18.5. The number of hydrogen-bond acceptors (Lipinski definition) is 6. The van der Waals surface area contributed by atoms with Gasteiger partial charge >= 0.3 is 0 Å². The van der Waals surface area contributed by atoms with E-state index in [4.69, 9.17) is 18.8 Å². The lowest BCUT2D eigenvalue weighted by atomic mass is 9.93. The highest BCUT2D eigenvalue weighted by Gasteiger charge is 2.18. The van der Waals surface area contributed by atoms with Crippen molar-refractivity contribution in [1.29, 1.82) is 0 Å². The molecule has 11 rings (SSSR count). The molecule has 0 aliphatic heterocycles. The molecule has 0 aliphatic carbocycles. The predicted octanol–water partition coefficient (Wildman–Crippen LogP) is 13.1. The van der Waals surface area contributed by atoms with Crippen LogP contribution in [0.15, 0.2) is 191 Å². The summed E-state index contributed by atoms with van der Waals surface area (Å²) in [6.45, 7) is 0. The summed E-state index contributed by atoms with van der Waals surface area (Å²) in [6.07, 6.45) is 7.15. The van der Waals surface area contributed by atoms with Gasteiger partial charge in [0.1, 0.15) is 22.3 Å². The van der Waals surface area contributed by atoms with Gasteiger partial charge in [-0.2, -0.15) is 0 Å². The Hall–Kier alpha value is -7.70. The quantitative estimate of drug-likeness (QED) is 0.170. The van der Waals surface area contributed by atoms with E-state index in [9.17, 15) is 0 Å². The van der Waals surface area contributed by atoms with Gasteiger partial charge < -0.3 is 8.83 Å². The molecular formula is C50H30N4O2. The lowest BCUT2D eigenvalue weighted by Crippen LogP contribution is -1.94. The topological polar surface area (TPSA) is 77.8 Å². The summed E-state index contributed by atoms with van der Waals surface area (Å²) >= 11 is 0. The lowest BCUT2D eigenvalue weighted by molar-refractivity contribution is 0.670. The van der Waals surface area contributed by atoms with Crippen LogP contribution in [0.25, 0.3) is 111 Å². The van der Waals surface area contributed by atoms with E-state index in [-0.39, 0.29) is 0 Å². The van der Waals surface area contributed by atoms with E-state index in [0.29, 0.717) is 0 Å². The van der Waals surface area contributed by atoms with E-state index in [2.05, 4.69) is 119 Å². The Balaban J connectivity index is 1.12. The smallest absolute Gasteiger partial charge is 0.143 e. The molecule has 6 heterocycles. The third kappa shape index (κ3) is 5.43. The van der Waals surface area contributed by atoms with E-state index in [0.717, 1.165) is 111 Å². The van der Waals surface area contributed by atoms with Gasteiger partial charge in [0.15, 0.2) is 0 Å². The van der Waals surface area contributed by atoms with Crippen molar-refractivity contribution in [2.75, 3.05) is 0 Å². The zero-order chi connectivity index (χ0) is 37.0. The molecule has 0 fully saturated rings. The molecule has 11 aromatic rings. The molecule has 0 saturated carbocycles. The van der Waals surface area contributed by atoms with E-state index < -0.39 is 0 Å². The molecule has 0 unspecified atom stereocenters. The number of pyridine rings is 4. The first-order valence-electron chi connectivity index (χ1n) is 18.5. The second-order valence-electron chi connectivity index (χ2n) is 13.9. The summed E-state index contributed by atoms with van der Waals surface area (Å²) < 4.78 is 13.1. The van der Waals surface area contributed by atoms with Gasteiger partial charge in [0, 0.05) is 79.7 Å². The van der Waals surface area contributed by atoms with Gasteiger partial charge in [-0.1, -0.05) is 78.9 Å². The van der Waals surface area contributed by atoms with Crippen molar-refractivity contribution >= 4 is 43.9 Å². The maximum absolute atomic E-state index is 6.56. The molecule has 0 N–H and O–H groups in total. The Morgan fingerprint density at radius 1 is 0.304 bits per heavy atom. The number of aromatic nitrogens is 4. The number of fused-ring (bicyclic) bond motifs is 6. The Labute approximate surface area is 321 Å². The highest BCUT2D eigenvalue weighted by atomic mass is 16.3. The summed E-state index contributed by atoms with van der Waals surface area (Å²) in [6, 6.07) is 54.1. The largest absolute Gasteiger partial charge is 0.455 e. The van der Waals surface area contributed by atoms with E-state index in [1.54, 1.807) is 24.8 Å². The average Bonchev–Trinajstić information content (AvgIpc) is 3.86. The fourth-order valence-corrected chi connectivity index (χ4v) is 7.81. The molecular weight excluding hydrogens is 689 g/mol. The van der Waals surface area contributed by atoms with Crippen LogP contribution in [0.1, 0.15) is 0 Å². The number of hydrogen-bond donors (Lipinski definition) is 0. The molecule has 0 amide bonds. The van der Waals surface area contributed by atoms with Crippen LogP contribution >= 0.6 is 0 Å². The van der Waals surface area contributed by atoms with Crippen LogP contribution in [0.5, 0.6) is 0 Å². The highest BCUT2D eigenvalue weighted by molar-refractivity contribution is 6.11. The fourth-order valence-electron chi connectivity index (χ4n) is 7.81. The van der Waals surface area contributed by atoms with Crippen LogP contribution in [-0.2, 0) is 0 Å². The summed E-state index contributed by atoms with van der Waals surface area (Å²) in [5, 5.41) is 4.35. The number of furan rings is 2. The third-order valence-electron chi connectivity index (χ3n) is 10.5. The molecule has 5 aromatic carbocycles. The summed E-state index contributed by atoms with van der Waals surface area (Å²) in [7, 11) is 0. The molecule has 0 radical (unpaired) electrons. The maximum atomic E-state index is 6.56. The Kier molecular flexibility index (Phi) is 7.38. The second kappa shape index (κ2) is 13.0. The van der Waals surface area contributed by atoms with Crippen LogP contribution in [0, 0.1) is 0 Å². The van der Waals surface area contributed by atoms with Crippen molar-refractivity contribution in [3.63, 3.8) is 0 Å². The number of rotatable bonds is 6. The Bertz CT molecular complexity index is 3070. The van der Waals surface area contributed by atoms with Crippen molar-refractivity contribution in [3.05, 3.63) is 183 Å². The van der Waals surface area contributed by atoms with Gasteiger partial charge in [-0.25, -0.2) is 9.97 Å². The monoisotopic (exact) mass is 718 g/mol. The average molecular weight is 719 g/mol. The molecule has 0 atom stereocenters. The van der Waals surface area contributed by atoms with Gasteiger partial charge in [-0.05, 0) is 90.0 Å². The first-order chi connectivity index (χ1) is 27.7. The first kappa shape index (κ1) is 31.8. The molecule has 0 aliphatic rings. The number of benzene rings is 5. The molecule has 6 aromatic heterocycles. The minimum atomic E-state index is 0.834. The van der Waals surface area contributed by atoms with E-state index in [1.807, 2.05) is 48.5 Å². The van der Waals surface area contributed by atoms with Gasteiger partial charge in [0.2, 0.25) is 0 Å². The summed E-state index contributed by atoms with van der Waals surface area (Å²) in [4.78, 5) is 18.9. The van der Waals surface area contributed by atoms with Crippen LogP contribution in [0.3, 0.4) is 0 Å².